The minimum absolute atomic E-state index is 0.0516. The summed E-state index contributed by atoms with van der Waals surface area (Å²) in [7, 11) is 1.88. The van der Waals surface area contributed by atoms with E-state index in [4.69, 9.17) is 4.74 Å². The molecule has 0 bridgehead atoms. The number of fused-ring (bicyclic) bond motifs is 1. The first kappa shape index (κ1) is 13.1. The smallest absolute Gasteiger partial charge is 0.253 e. The largest absolute Gasteiger partial charge is 0.363 e. The van der Waals surface area contributed by atoms with Crippen molar-refractivity contribution in [2.45, 2.75) is 25.5 Å². The van der Waals surface area contributed by atoms with Crippen molar-refractivity contribution in [3.05, 3.63) is 35.4 Å². The van der Waals surface area contributed by atoms with E-state index in [9.17, 15) is 4.79 Å². The number of nitrogens with one attached hydrogen (secondary N) is 2. The van der Waals surface area contributed by atoms with E-state index in [2.05, 4.69) is 16.7 Å². The van der Waals surface area contributed by atoms with Crippen molar-refractivity contribution in [1.82, 2.24) is 10.6 Å². The van der Waals surface area contributed by atoms with Gasteiger partial charge >= 0.3 is 0 Å². The molecule has 1 heterocycles. The number of hydrogen-bond acceptors (Lipinski definition) is 3. The van der Waals surface area contributed by atoms with Gasteiger partial charge in [-0.25, -0.2) is 0 Å². The van der Waals surface area contributed by atoms with Gasteiger partial charge in [-0.3, -0.25) is 4.79 Å². The fraction of sp³-hybridized carbons (Fsp3) is 0.500. The predicted molar refractivity (Wildman–Crippen MR) is 70.4 cm³/mol. The SMILES string of the molecule is CNC(C)CNC(=O)C1OCCc2ccccc21. The Bertz CT molecular complexity index is 420. The fourth-order valence-corrected chi connectivity index (χ4v) is 2.06. The lowest BCUT2D eigenvalue weighted by Gasteiger charge is -2.25. The lowest BCUT2D eigenvalue weighted by atomic mass is 9.97. The summed E-state index contributed by atoms with van der Waals surface area (Å²) in [6.45, 7) is 3.24. The lowest BCUT2D eigenvalue weighted by Crippen LogP contribution is -2.40. The first-order valence-electron chi connectivity index (χ1n) is 6.36. The number of carbonyl (C=O) groups excluding carboxylic acids is 1. The monoisotopic (exact) mass is 248 g/mol. The van der Waals surface area contributed by atoms with Crippen molar-refractivity contribution >= 4 is 5.91 Å². The summed E-state index contributed by atoms with van der Waals surface area (Å²) in [4.78, 5) is 12.1. The van der Waals surface area contributed by atoms with Crippen LogP contribution in [0.5, 0.6) is 0 Å². The number of ether oxygens (including phenoxy) is 1. The summed E-state index contributed by atoms with van der Waals surface area (Å²) in [5.74, 6) is -0.0516. The standard InChI is InChI=1S/C14H20N2O2/c1-10(15-2)9-16-14(17)13-12-6-4-3-5-11(12)7-8-18-13/h3-6,10,13,15H,7-9H2,1-2H3,(H,16,17). The molecule has 2 rings (SSSR count). The molecule has 18 heavy (non-hydrogen) atoms. The fourth-order valence-electron chi connectivity index (χ4n) is 2.06. The van der Waals surface area contributed by atoms with Crippen molar-refractivity contribution in [2.75, 3.05) is 20.2 Å². The Labute approximate surface area is 108 Å². The predicted octanol–water partition coefficient (Wildman–Crippen LogP) is 1.02. The minimum Gasteiger partial charge on any atom is -0.363 e. The van der Waals surface area contributed by atoms with Crippen LogP contribution in [0.15, 0.2) is 24.3 Å². The zero-order valence-electron chi connectivity index (χ0n) is 10.9. The zero-order chi connectivity index (χ0) is 13.0. The Balaban J connectivity index is 2.04. The van der Waals surface area contributed by atoms with Crippen LogP contribution in [0.3, 0.4) is 0 Å². The van der Waals surface area contributed by atoms with Gasteiger partial charge in [-0.1, -0.05) is 24.3 Å². The van der Waals surface area contributed by atoms with Crippen LogP contribution in [-0.2, 0) is 16.0 Å². The number of rotatable bonds is 4. The molecule has 2 unspecified atom stereocenters. The number of benzene rings is 1. The van der Waals surface area contributed by atoms with Gasteiger partial charge in [0, 0.05) is 12.6 Å². The van der Waals surface area contributed by atoms with Crippen LogP contribution in [0.4, 0.5) is 0 Å². The third-order valence-electron chi connectivity index (χ3n) is 3.31. The van der Waals surface area contributed by atoms with Gasteiger partial charge in [0.05, 0.1) is 6.61 Å². The maximum atomic E-state index is 12.1. The molecule has 4 nitrogen and oxygen atoms in total. The second-order valence-electron chi connectivity index (χ2n) is 4.63. The van der Waals surface area contributed by atoms with Crippen molar-refractivity contribution in [3.8, 4) is 0 Å². The van der Waals surface area contributed by atoms with Gasteiger partial charge in [0.25, 0.3) is 5.91 Å². The van der Waals surface area contributed by atoms with Gasteiger partial charge in [-0.2, -0.15) is 0 Å². The molecule has 0 aliphatic carbocycles. The number of hydrogen-bond donors (Lipinski definition) is 2. The van der Waals surface area contributed by atoms with Crippen LogP contribution in [0.1, 0.15) is 24.2 Å². The highest BCUT2D eigenvalue weighted by molar-refractivity contribution is 5.82. The van der Waals surface area contributed by atoms with Gasteiger partial charge in [0.2, 0.25) is 0 Å². The average Bonchev–Trinajstić information content (AvgIpc) is 2.43. The Morgan fingerprint density at radius 3 is 3.06 bits per heavy atom. The second kappa shape index (κ2) is 5.98. The molecule has 0 aromatic heterocycles. The van der Waals surface area contributed by atoms with Crippen LogP contribution in [0.25, 0.3) is 0 Å². The molecule has 1 aliphatic rings. The van der Waals surface area contributed by atoms with Crippen molar-refractivity contribution in [1.29, 1.82) is 0 Å². The highest BCUT2D eigenvalue weighted by Gasteiger charge is 2.26. The molecule has 1 amide bonds. The maximum absolute atomic E-state index is 12.1. The molecule has 1 aromatic rings. The van der Waals surface area contributed by atoms with E-state index in [0.29, 0.717) is 13.2 Å². The highest BCUT2D eigenvalue weighted by atomic mass is 16.5. The lowest BCUT2D eigenvalue weighted by molar-refractivity contribution is -0.134. The number of amides is 1. The van der Waals surface area contributed by atoms with Crippen molar-refractivity contribution < 1.29 is 9.53 Å². The van der Waals surface area contributed by atoms with E-state index < -0.39 is 6.10 Å². The first-order valence-corrected chi connectivity index (χ1v) is 6.36. The Morgan fingerprint density at radius 1 is 1.50 bits per heavy atom. The van der Waals surface area contributed by atoms with E-state index >= 15 is 0 Å². The molecular formula is C14H20N2O2. The van der Waals surface area contributed by atoms with Crippen LogP contribution in [-0.4, -0.2) is 32.1 Å². The molecule has 0 saturated carbocycles. The topological polar surface area (TPSA) is 50.4 Å². The van der Waals surface area contributed by atoms with Crippen LogP contribution < -0.4 is 10.6 Å². The average molecular weight is 248 g/mol. The van der Waals surface area contributed by atoms with Gasteiger partial charge in [-0.15, -0.1) is 0 Å². The van der Waals surface area contributed by atoms with E-state index in [1.807, 2.05) is 32.2 Å². The zero-order valence-corrected chi connectivity index (χ0v) is 10.9. The second-order valence-corrected chi connectivity index (χ2v) is 4.63. The molecule has 0 fully saturated rings. The third-order valence-corrected chi connectivity index (χ3v) is 3.31. The quantitative estimate of drug-likeness (QED) is 0.836. The molecule has 2 atom stereocenters. The summed E-state index contributed by atoms with van der Waals surface area (Å²) in [5, 5.41) is 6.00. The van der Waals surface area contributed by atoms with E-state index in [1.165, 1.54) is 5.56 Å². The molecule has 0 spiro atoms. The minimum atomic E-state index is -0.459. The number of carbonyl (C=O) groups is 1. The summed E-state index contributed by atoms with van der Waals surface area (Å²) in [6, 6.07) is 8.24. The molecule has 0 saturated heterocycles. The van der Waals surface area contributed by atoms with E-state index in [1.54, 1.807) is 0 Å². The van der Waals surface area contributed by atoms with E-state index in [-0.39, 0.29) is 11.9 Å². The van der Waals surface area contributed by atoms with Gasteiger partial charge in [0.15, 0.2) is 6.10 Å². The highest BCUT2D eigenvalue weighted by Crippen LogP contribution is 2.26. The van der Waals surface area contributed by atoms with Crippen molar-refractivity contribution in [2.24, 2.45) is 0 Å². The Morgan fingerprint density at radius 2 is 2.28 bits per heavy atom. The maximum Gasteiger partial charge on any atom is 0.253 e. The summed E-state index contributed by atoms with van der Waals surface area (Å²) < 4.78 is 5.60. The van der Waals surface area contributed by atoms with Crippen molar-refractivity contribution in [3.63, 3.8) is 0 Å². The van der Waals surface area contributed by atoms with E-state index in [0.717, 1.165) is 12.0 Å². The molecule has 2 N–H and O–H groups in total. The van der Waals surface area contributed by atoms with Gasteiger partial charge in [-0.05, 0) is 31.5 Å². The number of likely N-dealkylation sites (N-methyl/N-ethyl adjacent to an activating group) is 1. The third kappa shape index (κ3) is 2.89. The Hall–Kier alpha value is -1.39. The van der Waals surface area contributed by atoms with Gasteiger partial charge < -0.3 is 15.4 Å². The first-order chi connectivity index (χ1) is 8.72. The van der Waals surface area contributed by atoms with Crippen LogP contribution >= 0.6 is 0 Å². The summed E-state index contributed by atoms with van der Waals surface area (Å²) in [5.41, 5.74) is 2.21. The summed E-state index contributed by atoms with van der Waals surface area (Å²) >= 11 is 0. The molecule has 1 aromatic carbocycles. The molecule has 98 valence electrons. The summed E-state index contributed by atoms with van der Waals surface area (Å²) in [6.07, 6.45) is 0.423. The van der Waals surface area contributed by atoms with Crippen LogP contribution in [0.2, 0.25) is 0 Å². The van der Waals surface area contributed by atoms with Gasteiger partial charge in [0.1, 0.15) is 0 Å². The Kier molecular flexibility index (Phi) is 4.33. The molecule has 0 radical (unpaired) electrons. The normalized spacial score (nSPS) is 20.0. The molecule has 4 heteroatoms. The van der Waals surface area contributed by atoms with Crippen LogP contribution in [0, 0.1) is 0 Å². The molecule has 1 aliphatic heterocycles. The molecular weight excluding hydrogens is 228 g/mol.